The third kappa shape index (κ3) is 6.38. The van der Waals surface area contributed by atoms with Crippen molar-refractivity contribution in [3.8, 4) is 17.2 Å². The number of amides is 1. The molecule has 0 aliphatic heterocycles. The molecule has 3 aromatic rings. The molecule has 2 N–H and O–H groups in total. The van der Waals surface area contributed by atoms with E-state index >= 15 is 0 Å². The predicted octanol–water partition coefficient (Wildman–Crippen LogP) is 6.20. The molecule has 0 aliphatic carbocycles. The zero-order chi connectivity index (χ0) is 23.1. The van der Waals surface area contributed by atoms with Crippen molar-refractivity contribution in [1.29, 1.82) is 0 Å². The van der Waals surface area contributed by atoms with Crippen LogP contribution in [-0.2, 0) is 6.61 Å². The molecule has 0 saturated heterocycles. The number of benzene rings is 3. The van der Waals surface area contributed by atoms with Gasteiger partial charge in [-0.25, -0.2) is 5.43 Å². The number of nitrogens with zero attached hydrogens (tertiary/aromatic N) is 1. The van der Waals surface area contributed by atoms with E-state index in [9.17, 15) is 9.90 Å². The number of halogens is 3. The van der Waals surface area contributed by atoms with Gasteiger partial charge < -0.3 is 14.6 Å². The smallest absolute Gasteiger partial charge is 0.275 e. The second kappa shape index (κ2) is 11.2. The number of carbonyl (C=O) groups is 1. The normalized spacial score (nSPS) is 10.9. The second-order valence-corrected chi connectivity index (χ2v) is 8.30. The van der Waals surface area contributed by atoms with Gasteiger partial charge in [0.05, 0.1) is 23.4 Å². The minimum Gasteiger partial charge on any atom is -0.507 e. The molecular weight excluding hydrogens is 519 g/mol. The standard InChI is InChI=1S/C23H19BrCl2N2O4/c1-2-31-21-10-15(12-27-28-23(30)18-11-16(24)5-8-20(18)29)9-19(26)22(21)32-13-14-3-6-17(25)7-4-14/h3-12,29H,2,13H2,1H3,(H,28,30)/b27-12+. The molecule has 0 atom stereocenters. The van der Waals surface area contributed by atoms with Crippen LogP contribution in [0.1, 0.15) is 28.4 Å². The number of hydrazone groups is 1. The maximum absolute atomic E-state index is 12.3. The van der Waals surface area contributed by atoms with E-state index in [0.29, 0.717) is 38.2 Å². The van der Waals surface area contributed by atoms with Gasteiger partial charge in [0.2, 0.25) is 0 Å². The Bertz CT molecular complexity index is 1140. The minimum absolute atomic E-state index is 0.0931. The van der Waals surface area contributed by atoms with E-state index in [1.807, 2.05) is 19.1 Å². The molecule has 9 heteroatoms. The molecule has 32 heavy (non-hydrogen) atoms. The van der Waals surface area contributed by atoms with Gasteiger partial charge in [-0.15, -0.1) is 0 Å². The molecule has 0 heterocycles. The lowest BCUT2D eigenvalue weighted by Crippen LogP contribution is -2.17. The van der Waals surface area contributed by atoms with Crippen molar-refractivity contribution in [2.45, 2.75) is 13.5 Å². The maximum Gasteiger partial charge on any atom is 0.275 e. The third-order valence-electron chi connectivity index (χ3n) is 4.21. The van der Waals surface area contributed by atoms with Crippen LogP contribution in [0.5, 0.6) is 17.2 Å². The van der Waals surface area contributed by atoms with Gasteiger partial charge in [-0.05, 0) is 60.5 Å². The van der Waals surface area contributed by atoms with E-state index in [4.69, 9.17) is 32.7 Å². The molecule has 0 aliphatic rings. The molecule has 0 unspecified atom stereocenters. The number of rotatable bonds is 8. The third-order valence-corrected chi connectivity index (χ3v) is 5.24. The largest absolute Gasteiger partial charge is 0.507 e. The molecule has 6 nitrogen and oxygen atoms in total. The monoisotopic (exact) mass is 536 g/mol. The second-order valence-electron chi connectivity index (χ2n) is 6.54. The fourth-order valence-electron chi connectivity index (χ4n) is 2.72. The van der Waals surface area contributed by atoms with Crippen LogP contribution in [0.3, 0.4) is 0 Å². The Morgan fingerprint density at radius 1 is 1.12 bits per heavy atom. The van der Waals surface area contributed by atoms with Crippen LogP contribution in [-0.4, -0.2) is 23.8 Å². The van der Waals surface area contributed by atoms with Gasteiger partial charge in [-0.1, -0.05) is 51.3 Å². The number of phenols is 1. The lowest BCUT2D eigenvalue weighted by molar-refractivity contribution is 0.0952. The molecular formula is C23H19BrCl2N2O4. The summed E-state index contributed by atoms with van der Waals surface area (Å²) in [5.74, 6) is 0.152. The summed E-state index contributed by atoms with van der Waals surface area (Å²) in [7, 11) is 0. The number of carbonyl (C=O) groups excluding carboxylic acids is 1. The number of aromatic hydroxyl groups is 1. The first-order valence-electron chi connectivity index (χ1n) is 9.53. The van der Waals surface area contributed by atoms with Crippen LogP contribution in [0.15, 0.2) is 64.2 Å². The zero-order valence-electron chi connectivity index (χ0n) is 16.9. The first-order chi connectivity index (χ1) is 15.4. The summed E-state index contributed by atoms with van der Waals surface area (Å²) in [5.41, 5.74) is 3.99. The zero-order valence-corrected chi connectivity index (χ0v) is 20.0. The average molecular weight is 538 g/mol. The first kappa shape index (κ1) is 23.9. The lowest BCUT2D eigenvalue weighted by Gasteiger charge is -2.14. The van der Waals surface area contributed by atoms with Crippen LogP contribution in [0.4, 0.5) is 0 Å². The van der Waals surface area contributed by atoms with Crippen LogP contribution >= 0.6 is 39.1 Å². The Morgan fingerprint density at radius 3 is 2.59 bits per heavy atom. The molecule has 0 aromatic heterocycles. The van der Waals surface area contributed by atoms with Crippen molar-refractivity contribution in [3.63, 3.8) is 0 Å². The maximum atomic E-state index is 12.3. The molecule has 166 valence electrons. The van der Waals surface area contributed by atoms with E-state index in [1.165, 1.54) is 18.3 Å². The van der Waals surface area contributed by atoms with Crippen molar-refractivity contribution in [1.82, 2.24) is 5.43 Å². The quantitative estimate of drug-likeness (QED) is 0.264. The van der Waals surface area contributed by atoms with Crippen LogP contribution < -0.4 is 14.9 Å². The molecule has 0 fully saturated rings. The summed E-state index contributed by atoms with van der Waals surface area (Å²) in [6.07, 6.45) is 1.42. The highest BCUT2D eigenvalue weighted by atomic mass is 79.9. The molecule has 3 rings (SSSR count). The van der Waals surface area contributed by atoms with Gasteiger partial charge in [0.25, 0.3) is 5.91 Å². The number of nitrogens with one attached hydrogen (secondary N) is 1. The van der Waals surface area contributed by atoms with Gasteiger partial charge in [0.15, 0.2) is 11.5 Å². The summed E-state index contributed by atoms with van der Waals surface area (Å²) in [6.45, 7) is 2.55. The van der Waals surface area contributed by atoms with E-state index in [-0.39, 0.29) is 17.9 Å². The Hall–Kier alpha value is -2.74. The lowest BCUT2D eigenvalue weighted by atomic mass is 10.2. The highest BCUT2D eigenvalue weighted by Crippen LogP contribution is 2.37. The van der Waals surface area contributed by atoms with Crippen LogP contribution in [0.2, 0.25) is 10.0 Å². The Labute approximate surface area is 203 Å². The molecule has 0 radical (unpaired) electrons. The van der Waals surface area contributed by atoms with E-state index in [0.717, 1.165) is 5.56 Å². The Kier molecular flexibility index (Phi) is 8.39. The number of ether oxygens (including phenoxy) is 2. The van der Waals surface area contributed by atoms with E-state index in [1.54, 1.807) is 30.3 Å². The van der Waals surface area contributed by atoms with Crippen molar-refractivity contribution < 1.29 is 19.4 Å². The molecule has 0 spiro atoms. The van der Waals surface area contributed by atoms with E-state index in [2.05, 4.69) is 26.5 Å². The Morgan fingerprint density at radius 2 is 1.88 bits per heavy atom. The molecule has 0 saturated carbocycles. The van der Waals surface area contributed by atoms with Gasteiger partial charge >= 0.3 is 0 Å². The summed E-state index contributed by atoms with van der Waals surface area (Å²) >= 11 is 15.6. The predicted molar refractivity (Wildman–Crippen MR) is 129 cm³/mol. The number of hydrogen-bond acceptors (Lipinski definition) is 5. The van der Waals surface area contributed by atoms with E-state index < -0.39 is 5.91 Å². The average Bonchev–Trinajstić information content (AvgIpc) is 2.76. The van der Waals surface area contributed by atoms with Crippen molar-refractivity contribution in [2.75, 3.05) is 6.61 Å². The topological polar surface area (TPSA) is 80.2 Å². The number of hydrogen-bond donors (Lipinski definition) is 2. The summed E-state index contributed by atoms with van der Waals surface area (Å²) in [6, 6.07) is 15.2. The van der Waals surface area contributed by atoms with Crippen LogP contribution in [0.25, 0.3) is 0 Å². The van der Waals surface area contributed by atoms with Crippen molar-refractivity contribution in [2.24, 2.45) is 5.10 Å². The minimum atomic E-state index is -0.556. The highest BCUT2D eigenvalue weighted by molar-refractivity contribution is 9.10. The van der Waals surface area contributed by atoms with Gasteiger partial charge in [0, 0.05) is 9.50 Å². The SMILES string of the molecule is CCOc1cc(/C=N/NC(=O)c2cc(Br)ccc2O)cc(Cl)c1OCc1ccc(Cl)cc1. The van der Waals surface area contributed by atoms with Gasteiger partial charge in [0.1, 0.15) is 12.4 Å². The summed E-state index contributed by atoms with van der Waals surface area (Å²) in [5, 5.41) is 14.8. The fourth-order valence-corrected chi connectivity index (χ4v) is 3.48. The molecule has 3 aromatic carbocycles. The molecule has 0 bridgehead atoms. The Balaban J connectivity index is 1.73. The summed E-state index contributed by atoms with van der Waals surface area (Å²) in [4.78, 5) is 12.3. The highest BCUT2D eigenvalue weighted by Gasteiger charge is 2.14. The first-order valence-corrected chi connectivity index (χ1v) is 11.1. The molecule has 1 amide bonds. The van der Waals surface area contributed by atoms with Crippen molar-refractivity contribution in [3.05, 3.63) is 85.8 Å². The van der Waals surface area contributed by atoms with Crippen LogP contribution in [0, 0.1) is 0 Å². The number of phenolic OH excluding ortho intramolecular Hbond substituents is 1. The van der Waals surface area contributed by atoms with Gasteiger partial charge in [-0.3, -0.25) is 4.79 Å². The summed E-state index contributed by atoms with van der Waals surface area (Å²) < 4.78 is 12.2. The fraction of sp³-hybridized carbons (Fsp3) is 0.130. The van der Waals surface area contributed by atoms with Gasteiger partial charge in [-0.2, -0.15) is 5.10 Å². The van der Waals surface area contributed by atoms with Crippen molar-refractivity contribution >= 4 is 51.3 Å².